The van der Waals surface area contributed by atoms with Crippen LogP contribution >= 0.6 is 15.9 Å². The van der Waals surface area contributed by atoms with Crippen molar-refractivity contribution in [2.75, 3.05) is 0 Å². The van der Waals surface area contributed by atoms with E-state index in [1.54, 1.807) is 32.0 Å². The summed E-state index contributed by atoms with van der Waals surface area (Å²) in [5.74, 6) is -0.199. The Kier molecular flexibility index (Phi) is 4.70. The number of hydrogen-bond donors (Lipinski definition) is 1. The number of aromatic nitrogens is 5. The molecular formula is C16H13BrF3N5O. The molecule has 0 aliphatic rings. The molecule has 0 atom stereocenters. The topological polar surface area (TPSA) is 76.5 Å². The van der Waals surface area contributed by atoms with E-state index >= 15 is 0 Å². The largest absolute Gasteiger partial charge is 0.409 e. The van der Waals surface area contributed by atoms with Gasteiger partial charge in [-0.25, -0.2) is 0 Å². The predicted molar refractivity (Wildman–Crippen MR) is 90.7 cm³/mol. The predicted octanol–water partition coefficient (Wildman–Crippen LogP) is 3.84. The van der Waals surface area contributed by atoms with E-state index in [9.17, 15) is 18.0 Å². The van der Waals surface area contributed by atoms with Gasteiger partial charge in [-0.05, 0) is 36.8 Å². The number of nitrogens with zero attached hydrogens (tertiary/aromatic N) is 4. The first-order chi connectivity index (χ1) is 12.2. The number of tetrazole rings is 1. The van der Waals surface area contributed by atoms with E-state index in [2.05, 4.69) is 36.3 Å². The van der Waals surface area contributed by atoms with Crippen molar-refractivity contribution in [3.8, 4) is 11.5 Å². The maximum atomic E-state index is 12.8. The molecule has 3 aromatic rings. The van der Waals surface area contributed by atoms with Gasteiger partial charge in [-0.1, -0.05) is 28.1 Å². The van der Waals surface area contributed by atoms with Gasteiger partial charge in [0, 0.05) is 21.3 Å². The van der Waals surface area contributed by atoms with Gasteiger partial charge >= 0.3 is 6.18 Å². The van der Waals surface area contributed by atoms with Crippen LogP contribution in [0.25, 0.3) is 11.5 Å². The minimum Gasteiger partial charge on any atom is -0.355 e. The molecule has 1 aromatic carbocycles. The number of hydrogen-bond acceptors (Lipinski definition) is 4. The second-order valence-electron chi connectivity index (χ2n) is 5.72. The first kappa shape index (κ1) is 18.3. The monoisotopic (exact) mass is 427 g/mol. The standard InChI is InChI=1S/C16H13BrF3N5O/c1-8-12(14(26)10-4-3-5-11(17)6-10)9(2)21-13(8)15-22-24-25(23-15)7-16(18,19)20/h3-6,21H,7H2,1-2H3. The number of rotatable bonds is 4. The minimum atomic E-state index is -4.44. The Hall–Kier alpha value is -2.49. The van der Waals surface area contributed by atoms with E-state index in [1.807, 2.05) is 6.07 Å². The summed E-state index contributed by atoms with van der Waals surface area (Å²) >= 11 is 3.33. The van der Waals surface area contributed by atoms with E-state index in [1.165, 1.54) is 0 Å². The molecule has 0 unspecified atom stereocenters. The first-order valence-corrected chi connectivity index (χ1v) is 8.29. The van der Waals surface area contributed by atoms with Gasteiger partial charge in [0.15, 0.2) is 12.3 Å². The quantitative estimate of drug-likeness (QED) is 0.641. The molecule has 0 aliphatic carbocycles. The van der Waals surface area contributed by atoms with Crippen LogP contribution in [0, 0.1) is 13.8 Å². The van der Waals surface area contributed by atoms with Crippen LogP contribution < -0.4 is 0 Å². The number of carbonyl (C=O) groups is 1. The zero-order chi connectivity index (χ0) is 19.1. The molecule has 0 saturated heterocycles. The van der Waals surface area contributed by atoms with E-state index in [-0.39, 0.29) is 11.6 Å². The van der Waals surface area contributed by atoms with Crippen molar-refractivity contribution in [2.24, 2.45) is 0 Å². The normalized spacial score (nSPS) is 11.8. The molecular weight excluding hydrogens is 415 g/mol. The third-order valence-electron chi connectivity index (χ3n) is 3.75. The van der Waals surface area contributed by atoms with Crippen molar-refractivity contribution in [1.29, 1.82) is 0 Å². The van der Waals surface area contributed by atoms with Crippen molar-refractivity contribution >= 4 is 21.7 Å². The molecule has 136 valence electrons. The summed E-state index contributed by atoms with van der Waals surface area (Å²) in [6.45, 7) is 2.07. The maximum absolute atomic E-state index is 12.8. The molecule has 1 N–H and O–H groups in total. The molecule has 0 fully saturated rings. The number of aromatic amines is 1. The number of carbonyl (C=O) groups excluding carboxylic acids is 1. The fourth-order valence-corrected chi connectivity index (χ4v) is 3.06. The average Bonchev–Trinajstić information content (AvgIpc) is 3.09. The highest BCUT2D eigenvalue weighted by molar-refractivity contribution is 9.10. The smallest absolute Gasteiger partial charge is 0.355 e. The summed E-state index contributed by atoms with van der Waals surface area (Å²) in [6, 6.07) is 6.95. The highest BCUT2D eigenvalue weighted by Gasteiger charge is 2.30. The van der Waals surface area contributed by atoms with Crippen LogP contribution in [0.2, 0.25) is 0 Å². The number of nitrogens with one attached hydrogen (secondary N) is 1. The van der Waals surface area contributed by atoms with Crippen molar-refractivity contribution in [3.05, 3.63) is 51.1 Å². The van der Waals surface area contributed by atoms with Gasteiger partial charge in [-0.15, -0.1) is 10.2 Å². The Bertz CT molecular complexity index is 977. The Morgan fingerprint density at radius 2 is 2.04 bits per heavy atom. The summed E-state index contributed by atoms with van der Waals surface area (Å²) < 4.78 is 38.1. The van der Waals surface area contributed by atoms with Crippen LogP contribution in [0.4, 0.5) is 13.2 Å². The Morgan fingerprint density at radius 1 is 1.31 bits per heavy atom. The summed E-state index contributed by atoms with van der Waals surface area (Å²) in [5, 5.41) is 10.8. The Morgan fingerprint density at radius 3 is 2.69 bits per heavy atom. The summed E-state index contributed by atoms with van der Waals surface area (Å²) in [5.41, 5.74) is 2.43. The van der Waals surface area contributed by atoms with Crippen molar-refractivity contribution in [2.45, 2.75) is 26.6 Å². The van der Waals surface area contributed by atoms with Crippen LogP contribution in [-0.4, -0.2) is 37.2 Å². The first-order valence-electron chi connectivity index (χ1n) is 7.50. The van der Waals surface area contributed by atoms with Gasteiger partial charge in [0.25, 0.3) is 0 Å². The fourth-order valence-electron chi connectivity index (χ4n) is 2.66. The molecule has 2 heterocycles. The zero-order valence-electron chi connectivity index (χ0n) is 13.7. The van der Waals surface area contributed by atoms with E-state index in [4.69, 9.17) is 0 Å². The number of alkyl halides is 3. The lowest BCUT2D eigenvalue weighted by atomic mass is 9.99. The molecule has 0 bridgehead atoms. The average molecular weight is 428 g/mol. The third-order valence-corrected chi connectivity index (χ3v) is 4.24. The van der Waals surface area contributed by atoms with E-state index in [0.717, 1.165) is 4.47 Å². The summed E-state index contributed by atoms with van der Waals surface area (Å²) in [6.07, 6.45) is -4.44. The van der Waals surface area contributed by atoms with Gasteiger partial charge in [-0.2, -0.15) is 18.0 Å². The van der Waals surface area contributed by atoms with Crippen LogP contribution in [0.3, 0.4) is 0 Å². The Balaban J connectivity index is 1.97. The lowest BCUT2D eigenvalue weighted by Gasteiger charge is -2.03. The lowest BCUT2D eigenvalue weighted by Crippen LogP contribution is -2.19. The van der Waals surface area contributed by atoms with Gasteiger partial charge in [0.2, 0.25) is 5.82 Å². The number of ketones is 1. The summed E-state index contributed by atoms with van der Waals surface area (Å²) in [7, 11) is 0. The number of benzene rings is 1. The minimum absolute atomic E-state index is 0.00291. The van der Waals surface area contributed by atoms with Crippen molar-refractivity contribution in [3.63, 3.8) is 0 Å². The molecule has 6 nitrogen and oxygen atoms in total. The maximum Gasteiger partial charge on any atom is 0.409 e. The van der Waals surface area contributed by atoms with Crippen LogP contribution in [0.15, 0.2) is 28.7 Å². The molecule has 0 amide bonds. The number of halogens is 4. The van der Waals surface area contributed by atoms with E-state index in [0.29, 0.717) is 32.9 Å². The number of H-pyrrole nitrogens is 1. The fraction of sp³-hybridized carbons (Fsp3) is 0.250. The van der Waals surface area contributed by atoms with Gasteiger partial charge in [-0.3, -0.25) is 4.79 Å². The summed E-state index contributed by atoms with van der Waals surface area (Å²) in [4.78, 5) is 16.3. The second-order valence-corrected chi connectivity index (χ2v) is 6.64. The molecule has 0 aliphatic heterocycles. The third kappa shape index (κ3) is 3.69. The molecule has 0 saturated carbocycles. The molecule has 0 radical (unpaired) electrons. The Labute approximate surface area is 154 Å². The van der Waals surface area contributed by atoms with E-state index < -0.39 is 12.7 Å². The highest BCUT2D eigenvalue weighted by Crippen LogP contribution is 2.27. The molecule has 2 aromatic heterocycles. The lowest BCUT2D eigenvalue weighted by molar-refractivity contribution is -0.145. The zero-order valence-corrected chi connectivity index (χ0v) is 15.3. The highest BCUT2D eigenvalue weighted by atomic mass is 79.9. The van der Waals surface area contributed by atoms with Gasteiger partial charge in [0.05, 0.1) is 5.69 Å². The van der Waals surface area contributed by atoms with Gasteiger partial charge in [0.1, 0.15) is 0 Å². The van der Waals surface area contributed by atoms with Crippen LogP contribution in [0.5, 0.6) is 0 Å². The molecule has 10 heteroatoms. The van der Waals surface area contributed by atoms with Crippen LogP contribution in [0.1, 0.15) is 27.2 Å². The van der Waals surface area contributed by atoms with Crippen LogP contribution in [-0.2, 0) is 6.54 Å². The van der Waals surface area contributed by atoms with Crippen molar-refractivity contribution < 1.29 is 18.0 Å². The van der Waals surface area contributed by atoms with Gasteiger partial charge < -0.3 is 4.98 Å². The molecule has 26 heavy (non-hydrogen) atoms. The SMILES string of the molecule is Cc1[nH]c(-c2nnn(CC(F)(F)F)n2)c(C)c1C(=O)c1cccc(Br)c1. The molecule has 0 spiro atoms. The second kappa shape index (κ2) is 6.67. The molecule has 3 rings (SSSR count). The number of aryl methyl sites for hydroxylation is 1. The van der Waals surface area contributed by atoms with Crippen molar-refractivity contribution in [1.82, 2.24) is 25.2 Å².